The van der Waals surface area contributed by atoms with Crippen molar-refractivity contribution in [2.75, 3.05) is 0 Å². The average molecular weight is 249 g/mol. The summed E-state index contributed by atoms with van der Waals surface area (Å²) in [5, 5.41) is 1.41. The van der Waals surface area contributed by atoms with Crippen molar-refractivity contribution in [3.05, 3.63) is 39.9 Å². The Kier molecular flexibility index (Phi) is 2.63. The smallest absolute Gasteiger partial charge is 0.251 e. The van der Waals surface area contributed by atoms with Crippen molar-refractivity contribution in [3.63, 3.8) is 0 Å². The number of pyridine rings is 2. The number of fused-ring (bicyclic) bond motifs is 1. The highest BCUT2D eigenvalue weighted by atomic mass is 35.5. The Morgan fingerprint density at radius 2 is 2.06 bits per heavy atom. The SMILES string of the molecule is O=c1ccc2cnc(Cl)cc2n1C1CCCC1. The van der Waals surface area contributed by atoms with Crippen LogP contribution in [0.2, 0.25) is 5.15 Å². The standard InChI is InChI=1S/C13H13ClN2O/c14-12-7-11-9(8-15-12)5-6-13(17)16(11)10-3-1-2-4-10/h5-8,10H,1-4H2. The van der Waals surface area contributed by atoms with E-state index in [1.54, 1.807) is 18.3 Å². The van der Waals surface area contributed by atoms with Gasteiger partial charge >= 0.3 is 0 Å². The molecule has 0 aliphatic heterocycles. The van der Waals surface area contributed by atoms with Crippen molar-refractivity contribution in [2.24, 2.45) is 0 Å². The third-order valence-corrected chi connectivity index (χ3v) is 3.68. The van der Waals surface area contributed by atoms with Gasteiger partial charge in [-0.25, -0.2) is 4.98 Å². The topological polar surface area (TPSA) is 34.9 Å². The molecule has 1 saturated carbocycles. The Balaban J connectivity index is 2.29. The highest BCUT2D eigenvalue weighted by molar-refractivity contribution is 6.29. The predicted octanol–water partition coefficient (Wildman–Crippen LogP) is 3.17. The van der Waals surface area contributed by atoms with Crippen molar-refractivity contribution >= 4 is 22.5 Å². The summed E-state index contributed by atoms with van der Waals surface area (Å²) in [6.45, 7) is 0. The lowest BCUT2D eigenvalue weighted by Gasteiger charge is -2.16. The van der Waals surface area contributed by atoms with E-state index >= 15 is 0 Å². The maximum Gasteiger partial charge on any atom is 0.251 e. The van der Waals surface area contributed by atoms with Crippen molar-refractivity contribution in [2.45, 2.75) is 31.7 Å². The summed E-state index contributed by atoms with van der Waals surface area (Å²) in [6.07, 6.45) is 6.29. The van der Waals surface area contributed by atoms with Crippen LogP contribution >= 0.6 is 11.6 Å². The van der Waals surface area contributed by atoms with Crippen LogP contribution in [-0.2, 0) is 0 Å². The normalized spacial score (nSPS) is 16.8. The van der Waals surface area contributed by atoms with Gasteiger partial charge in [-0.3, -0.25) is 4.79 Å². The fourth-order valence-electron chi connectivity index (χ4n) is 2.67. The third-order valence-electron chi connectivity index (χ3n) is 3.47. The van der Waals surface area contributed by atoms with E-state index in [2.05, 4.69) is 4.98 Å². The van der Waals surface area contributed by atoms with E-state index in [-0.39, 0.29) is 5.56 Å². The quantitative estimate of drug-likeness (QED) is 0.727. The lowest BCUT2D eigenvalue weighted by atomic mass is 10.2. The number of halogens is 1. The fourth-order valence-corrected chi connectivity index (χ4v) is 2.82. The van der Waals surface area contributed by atoms with Gasteiger partial charge in [0.1, 0.15) is 5.15 Å². The van der Waals surface area contributed by atoms with Crippen molar-refractivity contribution < 1.29 is 0 Å². The summed E-state index contributed by atoms with van der Waals surface area (Å²) in [6, 6.07) is 5.55. The Morgan fingerprint density at radius 3 is 2.82 bits per heavy atom. The van der Waals surface area contributed by atoms with Gasteiger partial charge < -0.3 is 4.57 Å². The van der Waals surface area contributed by atoms with Gasteiger partial charge in [0.2, 0.25) is 0 Å². The van der Waals surface area contributed by atoms with Crippen LogP contribution in [0.3, 0.4) is 0 Å². The Bertz CT molecular complexity index is 614. The zero-order valence-electron chi connectivity index (χ0n) is 9.40. The molecule has 3 nitrogen and oxygen atoms in total. The van der Waals surface area contributed by atoms with E-state index in [1.807, 2.05) is 10.6 Å². The van der Waals surface area contributed by atoms with Gasteiger partial charge in [0, 0.05) is 23.7 Å². The third kappa shape index (κ3) is 1.84. The predicted molar refractivity (Wildman–Crippen MR) is 68.5 cm³/mol. The number of nitrogens with zero attached hydrogens (tertiary/aromatic N) is 2. The molecule has 0 unspecified atom stereocenters. The first kappa shape index (κ1) is 10.8. The van der Waals surface area contributed by atoms with Crippen molar-refractivity contribution in [1.82, 2.24) is 9.55 Å². The van der Waals surface area contributed by atoms with Crippen LogP contribution in [0.15, 0.2) is 29.2 Å². The number of hydrogen-bond acceptors (Lipinski definition) is 2. The molecule has 0 radical (unpaired) electrons. The molecular formula is C13H13ClN2O. The molecule has 4 heteroatoms. The summed E-state index contributed by atoms with van der Waals surface area (Å²) in [5.74, 6) is 0. The molecule has 2 aromatic rings. The molecule has 2 heterocycles. The molecule has 1 fully saturated rings. The van der Waals surface area contributed by atoms with Crippen LogP contribution < -0.4 is 5.56 Å². The maximum atomic E-state index is 12.0. The molecular weight excluding hydrogens is 236 g/mol. The van der Waals surface area contributed by atoms with Gasteiger partial charge in [0.25, 0.3) is 5.56 Å². The molecule has 0 saturated heterocycles. The van der Waals surface area contributed by atoms with Crippen molar-refractivity contribution in [3.8, 4) is 0 Å². The zero-order chi connectivity index (χ0) is 11.8. The van der Waals surface area contributed by atoms with Gasteiger partial charge in [-0.2, -0.15) is 0 Å². The molecule has 2 aromatic heterocycles. The van der Waals surface area contributed by atoms with Gasteiger partial charge in [0.15, 0.2) is 0 Å². The maximum absolute atomic E-state index is 12.0. The second-order valence-corrected chi connectivity index (χ2v) is 4.93. The zero-order valence-corrected chi connectivity index (χ0v) is 10.2. The highest BCUT2D eigenvalue weighted by Gasteiger charge is 2.19. The molecule has 0 spiro atoms. The van der Waals surface area contributed by atoms with Crippen LogP contribution in [-0.4, -0.2) is 9.55 Å². The number of hydrogen-bond donors (Lipinski definition) is 0. The Hall–Kier alpha value is -1.35. The van der Waals surface area contributed by atoms with Crippen molar-refractivity contribution in [1.29, 1.82) is 0 Å². The molecule has 0 atom stereocenters. The molecule has 0 aromatic carbocycles. The van der Waals surface area contributed by atoms with Crippen LogP contribution in [0.25, 0.3) is 10.9 Å². The first-order chi connectivity index (χ1) is 8.25. The minimum Gasteiger partial charge on any atom is -0.305 e. The van der Waals surface area contributed by atoms with E-state index in [0.717, 1.165) is 23.7 Å². The molecule has 0 amide bonds. The monoisotopic (exact) mass is 248 g/mol. The lowest BCUT2D eigenvalue weighted by Crippen LogP contribution is -2.22. The summed E-state index contributed by atoms with van der Waals surface area (Å²) in [5.41, 5.74) is 0.969. The largest absolute Gasteiger partial charge is 0.305 e. The molecule has 1 aliphatic carbocycles. The molecule has 0 N–H and O–H groups in total. The van der Waals surface area contributed by atoms with Crippen LogP contribution in [0, 0.1) is 0 Å². The number of rotatable bonds is 1. The minimum atomic E-state index is 0.0617. The highest BCUT2D eigenvalue weighted by Crippen LogP contribution is 2.30. The van der Waals surface area contributed by atoms with E-state index in [1.165, 1.54) is 12.8 Å². The minimum absolute atomic E-state index is 0.0617. The molecule has 1 aliphatic rings. The molecule has 17 heavy (non-hydrogen) atoms. The van der Waals surface area contributed by atoms with Crippen LogP contribution in [0.5, 0.6) is 0 Å². The van der Waals surface area contributed by atoms with Crippen LogP contribution in [0.1, 0.15) is 31.7 Å². The number of aromatic nitrogens is 2. The van der Waals surface area contributed by atoms with E-state index in [4.69, 9.17) is 11.6 Å². The fraction of sp³-hybridized carbons (Fsp3) is 0.385. The average Bonchev–Trinajstić information content (AvgIpc) is 2.82. The van der Waals surface area contributed by atoms with E-state index < -0.39 is 0 Å². The molecule has 88 valence electrons. The second kappa shape index (κ2) is 4.15. The van der Waals surface area contributed by atoms with E-state index in [0.29, 0.717) is 11.2 Å². The Labute approximate surface area is 104 Å². The van der Waals surface area contributed by atoms with Crippen LogP contribution in [0.4, 0.5) is 0 Å². The van der Waals surface area contributed by atoms with E-state index in [9.17, 15) is 4.79 Å². The summed E-state index contributed by atoms with van der Waals surface area (Å²) in [7, 11) is 0. The lowest BCUT2D eigenvalue weighted by molar-refractivity contribution is 0.519. The van der Waals surface area contributed by atoms with Gasteiger partial charge in [-0.15, -0.1) is 0 Å². The molecule has 3 rings (SSSR count). The first-order valence-electron chi connectivity index (χ1n) is 5.92. The summed E-state index contributed by atoms with van der Waals surface area (Å²) >= 11 is 5.92. The summed E-state index contributed by atoms with van der Waals surface area (Å²) < 4.78 is 1.88. The Morgan fingerprint density at radius 1 is 1.29 bits per heavy atom. The van der Waals surface area contributed by atoms with Gasteiger partial charge in [-0.05, 0) is 25.0 Å². The van der Waals surface area contributed by atoms with Gasteiger partial charge in [0.05, 0.1) is 5.52 Å². The van der Waals surface area contributed by atoms with Gasteiger partial charge in [-0.1, -0.05) is 24.4 Å². The summed E-state index contributed by atoms with van der Waals surface area (Å²) in [4.78, 5) is 16.1. The molecule has 0 bridgehead atoms. The first-order valence-corrected chi connectivity index (χ1v) is 6.30. The second-order valence-electron chi connectivity index (χ2n) is 4.55.